The molecule has 2 aromatic carbocycles. The van der Waals surface area contributed by atoms with Crippen molar-refractivity contribution in [2.45, 2.75) is 51.4 Å². The summed E-state index contributed by atoms with van der Waals surface area (Å²) in [6.07, 6.45) is -0.887. The van der Waals surface area contributed by atoms with Gasteiger partial charge in [0.15, 0.2) is 0 Å². The van der Waals surface area contributed by atoms with Crippen LogP contribution in [0.1, 0.15) is 49.2 Å². The van der Waals surface area contributed by atoms with Gasteiger partial charge in [-0.2, -0.15) is 13.2 Å². The van der Waals surface area contributed by atoms with Crippen LogP contribution in [0.3, 0.4) is 0 Å². The number of benzene rings is 2. The first-order valence-corrected chi connectivity index (χ1v) is 12.4. The van der Waals surface area contributed by atoms with Gasteiger partial charge in [0.25, 0.3) is 0 Å². The third kappa shape index (κ3) is 4.59. The number of imidazole rings is 2. The van der Waals surface area contributed by atoms with Gasteiger partial charge in [-0.3, -0.25) is 14.0 Å². The second-order valence-electron chi connectivity index (χ2n) is 9.54. The molecule has 190 valence electrons. The number of aromatic amines is 1. The number of halogens is 3. The number of H-pyrrole nitrogens is 1. The topological polar surface area (TPSA) is 58.9 Å². The van der Waals surface area contributed by atoms with Gasteiger partial charge < -0.3 is 4.98 Å². The van der Waals surface area contributed by atoms with Crippen molar-refractivity contribution >= 4 is 11.0 Å². The van der Waals surface area contributed by atoms with Crippen LogP contribution in [-0.2, 0) is 26.2 Å². The lowest BCUT2D eigenvalue weighted by atomic mass is 10.0. The maximum absolute atomic E-state index is 12.9. The molecule has 4 aromatic rings. The van der Waals surface area contributed by atoms with Crippen molar-refractivity contribution in [1.82, 2.24) is 24.0 Å². The van der Waals surface area contributed by atoms with Crippen molar-refractivity contribution in [3.63, 3.8) is 0 Å². The molecule has 5 rings (SSSR count). The number of rotatable bonds is 6. The minimum atomic E-state index is -4.36. The third-order valence-electron chi connectivity index (χ3n) is 7.14. The van der Waals surface area contributed by atoms with E-state index in [0.717, 1.165) is 73.3 Å². The van der Waals surface area contributed by atoms with Gasteiger partial charge >= 0.3 is 11.9 Å². The molecule has 6 nitrogen and oxygen atoms in total. The highest BCUT2D eigenvalue weighted by Gasteiger charge is 2.30. The normalized spacial score (nSPS) is 15.7. The lowest BCUT2D eigenvalue weighted by molar-refractivity contribution is -0.137. The highest BCUT2D eigenvalue weighted by molar-refractivity contribution is 5.76. The quantitative estimate of drug-likeness (QED) is 0.381. The monoisotopic (exact) mass is 497 g/mol. The van der Waals surface area contributed by atoms with Crippen molar-refractivity contribution in [3.05, 3.63) is 76.0 Å². The standard InChI is InChI=1S/C27H30F3N5O/c1-3-6-21-22(32-25(31-21)18-9-11-19(12-10-18)27(28,29)30)17-34-15-13-20(14-16-34)35-24-8-5-4-7-23(24)33(2)26(35)36/h4-5,7-12,20H,3,6,13-17H2,1-2H3,(H,31,32). The van der Waals surface area contributed by atoms with E-state index in [1.807, 2.05) is 35.9 Å². The Hall–Kier alpha value is -3.33. The van der Waals surface area contributed by atoms with E-state index in [2.05, 4.69) is 16.8 Å². The molecule has 0 aliphatic carbocycles. The molecule has 3 heterocycles. The molecule has 0 amide bonds. The third-order valence-corrected chi connectivity index (χ3v) is 7.14. The van der Waals surface area contributed by atoms with Gasteiger partial charge in [0.1, 0.15) is 5.82 Å². The Morgan fingerprint density at radius 2 is 1.69 bits per heavy atom. The van der Waals surface area contributed by atoms with Crippen molar-refractivity contribution in [3.8, 4) is 11.4 Å². The largest absolute Gasteiger partial charge is 0.416 e. The van der Waals surface area contributed by atoms with E-state index >= 15 is 0 Å². The molecular weight excluding hydrogens is 467 g/mol. The molecule has 9 heteroatoms. The number of piperidine rings is 1. The summed E-state index contributed by atoms with van der Waals surface area (Å²) in [6.45, 7) is 4.48. The number of nitrogens with one attached hydrogen (secondary N) is 1. The fourth-order valence-corrected chi connectivity index (χ4v) is 5.20. The number of fused-ring (bicyclic) bond motifs is 1. The Morgan fingerprint density at radius 1 is 1.03 bits per heavy atom. The van der Waals surface area contributed by atoms with Crippen molar-refractivity contribution in [2.75, 3.05) is 13.1 Å². The molecule has 1 aliphatic rings. The van der Waals surface area contributed by atoms with Crippen LogP contribution in [0.2, 0.25) is 0 Å². The number of aromatic nitrogens is 4. The second kappa shape index (κ2) is 9.61. The van der Waals surface area contributed by atoms with Crippen molar-refractivity contribution in [1.29, 1.82) is 0 Å². The predicted octanol–water partition coefficient (Wildman–Crippen LogP) is 5.54. The Morgan fingerprint density at radius 3 is 2.33 bits per heavy atom. The molecule has 1 N–H and O–H groups in total. The fourth-order valence-electron chi connectivity index (χ4n) is 5.20. The van der Waals surface area contributed by atoms with E-state index in [1.54, 1.807) is 4.57 Å². The van der Waals surface area contributed by atoms with Crippen LogP contribution in [0, 0.1) is 0 Å². The maximum atomic E-state index is 12.9. The number of aryl methyl sites for hydroxylation is 2. The molecule has 0 unspecified atom stereocenters. The van der Waals surface area contributed by atoms with Crippen LogP contribution in [0.25, 0.3) is 22.4 Å². The number of hydrogen-bond acceptors (Lipinski definition) is 3. The van der Waals surface area contributed by atoms with E-state index in [4.69, 9.17) is 4.98 Å². The summed E-state index contributed by atoms with van der Waals surface area (Å²) in [5, 5.41) is 0. The zero-order chi connectivity index (χ0) is 25.4. The minimum absolute atomic E-state index is 0.0228. The SMILES string of the molecule is CCCc1nc(-c2ccc(C(F)(F)F)cc2)[nH]c1CN1CCC(n2c(=O)n(C)c3ccccc32)CC1. The van der Waals surface area contributed by atoms with Gasteiger partial charge in [-0.15, -0.1) is 0 Å². The average molecular weight is 498 g/mol. The molecule has 0 spiro atoms. The zero-order valence-electron chi connectivity index (χ0n) is 20.5. The Balaban J connectivity index is 1.31. The van der Waals surface area contributed by atoms with Crippen LogP contribution in [0.4, 0.5) is 13.2 Å². The molecule has 0 atom stereocenters. The smallest absolute Gasteiger partial charge is 0.341 e. The maximum Gasteiger partial charge on any atom is 0.416 e. The van der Waals surface area contributed by atoms with Gasteiger partial charge in [0.2, 0.25) is 0 Å². The van der Waals surface area contributed by atoms with Gasteiger partial charge in [0, 0.05) is 38.3 Å². The summed E-state index contributed by atoms with van der Waals surface area (Å²) < 4.78 is 42.5. The Bertz CT molecular complexity index is 1410. The fraction of sp³-hybridized carbons (Fsp3) is 0.407. The summed E-state index contributed by atoms with van der Waals surface area (Å²) in [7, 11) is 1.82. The minimum Gasteiger partial charge on any atom is -0.341 e. The van der Waals surface area contributed by atoms with Crippen LogP contribution < -0.4 is 5.69 Å². The molecule has 1 aliphatic heterocycles. The van der Waals surface area contributed by atoms with Gasteiger partial charge in [0.05, 0.1) is 28.0 Å². The first-order chi connectivity index (χ1) is 17.3. The van der Waals surface area contributed by atoms with Crippen molar-refractivity contribution < 1.29 is 13.2 Å². The van der Waals surface area contributed by atoms with Gasteiger partial charge in [-0.25, -0.2) is 9.78 Å². The molecule has 2 aromatic heterocycles. The number of nitrogens with zero attached hydrogens (tertiary/aromatic N) is 4. The Kier molecular flexibility index (Phi) is 6.51. The van der Waals surface area contributed by atoms with Crippen molar-refractivity contribution in [2.24, 2.45) is 7.05 Å². The Labute approximate surface area is 207 Å². The summed E-state index contributed by atoms with van der Waals surface area (Å²) in [5.74, 6) is 0.597. The predicted molar refractivity (Wildman–Crippen MR) is 134 cm³/mol. The highest BCUT2D eigenvalue weighted by atomic mass is 19.4. The number of para-hydroxylation sites is 2. The highest BCUT2D eigenvalue weighted by Crippen LogP contribution is 2.31. The van der Waals surface area contributed by atoms with E-state index in [1.165, 1.54) is 12.1 Å². The molecule has 0 saturated carbocycles. The molecule has 36 heavy (non-hydrogen) atoms. The average Bonchev–Trinajstić information content (AvgIpc) is 3.38. The zero-order valence-corrected chi connectivity index (χ0v) is 20.5. The van der Waals surface area contributed by atoms with Gasteiger partial charge in [-0.05, 0) is 43.5 Å². The summed E-state index contributed by atoms with van der Waals surface area (Å²) in [6, 6.07) is 13.2. The van der Waals surface area contributed by atoms with Crippen LogP contribution in [-0.4, -0.2) is 37.1 Å². The van der Waals surface area contributed by atoms with Crippen LogP contribution >= 0.6 is 0 Å². The summed E-state index contributed by atoms with van der Waals surface area (Å²) >= 11 is 0. The number of likely N-dealkylation sites (tertiary alicyclic amines) is 1. The molecule has 1 saturated heterocycles. The lowest BCUT2D eigenvalue weighted by Crippen LogP contribution is -2.37. The van der Waals surface area contributed by atoms with E-state index in [9.17, 15) is 18.0 Å². The number of alkyl halides is 3. The van der Waals surface area contributed by atoms with E-state index in [0.29, 0.717) is 17.9 Å². The van der Waals surface area contributed by atoms with E-state index in [-0.39, 0.29) is 11.7 Å². The lowest BCUT2D eigenvalue weighted by Gasteiger charge is -2.32. The summed E-state index contributed by atoms with van der Waals surface area (Å²) in [5.41, 5.74) is 3.88. The molecular formula is C27H30F3N5O. The number of hydrogen-bond donors (Lipinski definition) is 1. The second-order valence-corrected chi connectivity index (χ2v) is 9.54. The first-order valence-electron chi connectivity index (χ1n) is 12.4. The molecule has 0 radical (unpaired) electrons. The van der Waals surface area contributed by atoms with E-state index < -0.39 is 11.7 Å². The van der Waals surface area contributed by atoms with Crippen LogP contribution in [0.5, 0.6) is 0 Å². The first kappa shape index (κ1) is 24.4. The summed E-state index contributed by atoms with van der Waals surface area (Å²) in [4.78, 5) is 23.4. The molecule has 1 fully saturated rings. The van der Waals surface area contributed by atoms with Crippen LogP contribution in [0.15, 0.2) is 53.3 Å². The molecule has 0 bridgehead atoms. The van der Waals surface area contributed by atoms with Gasteiger partial charge in [-0.1, -0.05) is 37.6 Å².